The van der Waals surface area contributed by atoms with Crippen LogP contribution in [0, 0.1) is 5.92 Å². The standard InChI is InChI=1S/C18H26N2O4/c21-16(17(22)19-11-14-7-3-1-4-8-14)12-20-18(23)24-13-15-9-5-2-6-10-15/h2,5-6,9-10,14,16,21H,1,3-4,7-8,11-13H2,(H,19,22)(H,20,23)/t16-/m0/s1. The Hall–Kier alpha value is -2.08. The number of aliphatic hydroxyl groups excluding tert-OH is 1. The summed E-state index contributed by atoms with van der Waals surface area (Å²) in [5.41, 5.74) is 0.874. The number of amides is 2. The first-order valence-electron chi connectivity index (χ1n) is 8.55. The van der Waals surface area contributed by atoms with Crippen molar-refractivity contribution in [3.05, 3.63) is 35.9 Å². The summed E-state index contributed by atoms with van der Waals surface area (Å²) in [6, 6.07) is 9.29. The van der Waals surface area contributed by atoms with Crippen molar-refractivity contribution in [2.75, 3.05) is 13.1 Å². The van der Waals surface area contributed by atoms with Crippen LogP contribution in [0.1, 0.15) is 37.7 Å². The maximum atomic E-state index is 11.8. The predicted octanol–water partition coefficient (Wildman–Crippen LogP) is 1.97. The summed E-state index contributed by atoms with van der Waals surface area (Å²) in [6.45, 7) is 0.578. The molecule has 1 saturated carbocycles. The molecule has 0 unspecified atom stereocenters. The Bertz CT molecular complexity index is 515. The number of aliphatic hydroxyl groups is 1. The number of hydrogen-bond acceptors (Lipinski definition) is 4. The molecule has 1 fully saturated rings. The van der Waals surface area contributed by atoms with Crippen molar-refractivity contribution in [2.24, 2.45) is 5.92 Å². The Balaban J connectivity index is 1.59. The summed E-state index contributed by atoms with van der Waals surface area (Å²) >= 11 is 0. The first-order valence-corrected chi connectivity index (χ1v) is 8.55. The number of alkyl carbamates (subject to hydrolysis) is 1. The van der Waals surface area contributed by atoms with Crippen LogP contribution in [-0.4, -0.2) is 36.3 Å². The van der Waals surface area contributed by atoms with Gasteiger partial charge in [-0.25, -0.2) is 4.79 Å². The van der Waals surface area contributed by atoms with Gasteiger partial charge in [-0.15, -0.1) is 0 Å². The zero-order valence-corrected chi connectivity index (χ0v) is 13.9. The molecule has 0 bridgehead atoms. The quantitative estimate of drug-likeness (QED) is 0.711. The molecule has 0 saturated heterocycles. The van der Waals surface area contributed by atoms with Gasteiger partial charge in [0.2, 0.25) is 0 Å². The van der Waals surface area contributed by atoms with Gasteiger partial charge in [-0.3, -0.25) is 4.79 Å². The number of carbonyl (C=O) groups excluding carboxylic acids is 2. The van der Waals surface area contributed by atoms with Crippen LogP contribution in [-0.2, 0) is 16.1 Å². The second kappa shape index (κ2) is 9.93. The summed E-state index contributed by atoms with van der Waals surface area (Å²) in [4.78, 5) is 23.4. The number of rotatable bonds is 7. The molecule has 3 N–H and O–H groups in total. The van der Waals surface area contributed by atoms with Gasteiger partial charge in [0.05, 0.1) is 6.54 Å². The molecule has 1 aliphatic rings. The van der Waals surface area contributed by atoms with Crippen molar-refractivity contribution in [1.29, 1.82) is 0 Å². The monoisotopic (exact) mass is 334 g/mol. The molecule has 0 heterocycles. The normalized spacial score (nSPS) is 16.2. The highest BCUT2D eigenvalue weighted by molar-refractivity contribution is 5.81. The molecule has 1 atom stereocenters. The Labute approximate surface area is 142 Å². The fourth-order valence-corrected chi connectivity index (χ4v) is 2.80. The molecule has 6 nitrogen and oxygen atoms in total. The predicted molar refractivity (Wildman–Crippen MR) is 90.2 cm³/mol. The third kappa shape index (κ3) is 6.58. The van der Waals surface area contributed by atoms with E-state index in [1.807, 2.05) is 30.3 Å². The highest BCUT2D eigenvalue weighted by Gasteiger charge is 2.19. The van der Waals surface area contributed by atoms with Crippen molar-refractivity contribution in [3.63, 3.8) is 0 Å². The van der Waals surface area contributed by atoms with Crippen molar-refractivity contribution in [2.45, 2.75) is 44.8 Å². The van der Waals surface area contributed by atoms with E-state index < -0.39 is 18.1 Å². The van der Waals surface area contributed by atoms with Gasteiger partial charge >= 0.3 is 6.09 Å². The average Bonchev–Trinajstić information content (AvgIpc) is 2.64. The topological polar surface area (TPSA) is 87.7 Å². The average molecular weight is 334 g/mol. The van der Waals surface area contributed by atoms with Crippen molar-refractivity contribution >= 4 is 12.0 Å². The summed E-state index contributed by atoms with van der Waals surface area (Å²) < 4.78 is 5.02. The lowest BCUT2D eigenvalue weighted by Gasteiger charge is -2.22. The molecule has 1 aromatic carbocycles. The third-order valence-corrected chi connectivity index (χ3v) is 4.24. The van der Waals surface area contributed by atoms with E-state index in [9.17, 15) is 14.7 Å². The summed E-state index contributed by atoms with van der Waals surface area (Å²) in [5, 5.41) is 15.0. The maximum Gasteiger partial charge on any atom is 0.407 e. The molecule has 24 heavy (non-hydrogen) atoms. The molecular weight excluding hydrogens is 308 g/mol. The number of benzene rings is 1. The van der Waals surface area contributed by atoms with E-state index in [2.05, 4.69) is 10.6 Å². The van der Waals surface area contributed by atoms with Crippen LogP contribution >= 0.6 is 0 Å². The van der Waals surface area contributed by atoms with E-state index in [-0.39, 0.29) is 13.2 Å². The van der Waals surface area contributed by atoms with E-state index in [1.54, 1.807) is 0 Å². The largest absolute Gasteiger partial charge is 0.445 e. The van der Waals surface area contributed by atoms with Crippen molar-refractivity contribution < 1.29 is 19.4 Å². The molecule has 2 amide bonds. The Morgan fingerprint density at radius 1 is 1.12 bits per heavy atom. The molecule has 0 aromatic heterocycles. The SMILES string of the molecule is O=C(NC[C@H](O)C(=O)NCC1CCCCC1)OCc1ccccc1. The summed E-state index contributed by atoms with van der Waals surface area (Å²) in [7, 11) is 0. The van der Waals surface area contributed by atoms with Crippen LogP contribution < -0.4 is 10.6 Å². The van der Waals surface area contributed by atoms with Crippen LogP contribution in [0.4, 0.5) is 4.79 Å². The lowest BCUT2D eigenvalue weighted by molar-refractivity contribution is -0.129. The second-order valence-electron chi connectivity index (χ2n) is 6.21. The number of hydrogen-bond donors (Lipinski definition) is 3. The molecule has 6 heteroatoms. The van der Waals surface area contributed by atoms with Gasteiger partial charge in [-0.2, -0.15) is 0 Å². The van der Waals surface area contributed by atoms with Crippen molar-refractivity contribution in [3.8, 4) is 0 Å². The molecule has 0 aliphatic heterocycles. The molecule has 2 rings (SSSR count). The summed E-state index contributed by atoms with van der Waals surface area (Å²) in [5.74, 6) is 0.0441. The van der Waals surface area contributed by atoms with E-state index in [0.717, 1.165) is 18.4 Å². The Morgan fingerprint density at radius 3 is 2.54 bits per heavy atom. The van der Waals surface area contributed by atoms with Crippen LogP contribution in [0.3, 0.4) is 0 Å². The third-order valence-electron chi connectivity index (χ3n) is 4.24. The minimum Gasteiger partial charge on any atom is -0.445 e. The smallest absolute Gasteiger partial charge is 0.407 e. The second-order valence-corrected chi connectivity index (χ2v) is 6.21. The first-order chi connectivity index (χ1) is 11.6. The minimum atomic E-state index is -1.27. The number of carbonyl (C=O) groups is 2. The Morgan fingerprint density at radius 2 is 1.83 bits per heavy atom. The first kappa shape index (κ1) is 18.3. The van der Waals surface area contributed by atoms with Gasteiger partial charge in [-0.1, -0.05) is 49.6 Å². The van der Waals surface area contributed by atoms with Crippen molar-refractivity contribution in [1.82, 2.24) is 10.6 Å². The highest BCUT2D eigenvalue weighted by atomic mass is 16.5. The molecule has 0 spiro atoms. The molecular formula is C18H26N2O4. The van der Waals surface area contributed by atoms with Gasteiger partial charge in [0.15, 0.2) is 0 Å². The van der Waals surface area contributed by atoms with Crippen LogP contribution in [0.5, 0.6) is 0 Å². The fraction of sp³-hybridized carbons (Fsp3) is 0.556. The van der Waals surface area contributed by atoms with Gasteiger partial charge < -0.3 is 20.5 Å². The highest BCUT2D eigenvalue weighted by Crippen LogP contribution is 2.22. The van der Waals surface area contributed by atoms with Crippen LogP contribution in [0.2, 0.25) is 0 Å². The minimum absolute atomic E-state index is 0.149. The molecule has 0 radical (unpaired) electrons. The zero-order valence-electron chi connectivity index (χ0n) is 13.9. The van der Waals surface area contributed by atoms with Gasteiger partial charge in [0.1, 0.15) is 12.7 Å². The molecule has 1 aromatic rings. The van der Waals surface area contributed by atoms with E-state index in [4.69, 9.17) is 4.74 Å². The Kier molecular flexibility index (Phi) is 7.55. The molecule has 1 aliphatic carbocycles. The lowest BCUT2D eigenvalue weighted by Crippen LogP contribution is -2.44. The van der Waals surface area contributed by atoms with Crippen LogP contribution in [0.25, 0.3) is 0 Å². The number of ether oxygens (including phenoxy) is 1. The van der Waals surface area contributed by atoms with Gasteiger partial charge in [0.25, 0.3) is 5.91 Å². The van der Waals surface area contributed by atoms with E-state index >= 15 is 0 Å². The van der Waals surface area contributed by atoms with E-state index in [0.29, 0.717) is 12.5 Å². The summed E-state index contributed by atoms with van der Waals surface area (Å²) in [6.07, 6.45) is 4.01. The number of nitrogens with one attached hydrogen (secondary N) is 2. The van der Waals surface area contributed by atoms with Crippen LogP contribution in [0.15, 0.2) is 30.3 Å². The maximum absolute atomic E-state index is 11.8. The van der Waals surface area contributed by atoms with E-state index in [1.165, 1.54) is 19.3 Å². The van der Waals surface area contributed by atoms with Gasteiger partial charge in [0, 0.05) is 6.54 Å². The fourth-order valence-electron chi connectivity index (χ4n) is 2.80. The lowest BCUT2D eigenvalue weighted by atomic mass is 9.89. The zero-order chi connectivity index (χ0) is 17.2. The van der Waals surface area contributed by atoms with Gasteiger partial charge in [-0.05, 0) is 24.3 Å². The molecule has 132 valence electrons.